The van der Waals surface area contributed by atoms with Crippen LogP contribution in [-0.4, -0.2) is 19.9 Å². The van der Waals surface area contributed by atoms with Crippen molar-refractivity contribution in [1.29, 1.82) is 0 Å². The normalized spacial score (nSPS) is 13.4. The average molecular weight is 515 g/mol. The van der Waals surface area contributed by atoms with Gasteiger partial charge in [-0.3, -0.25) is 19.9 Å². The topological polar surface area (TPSA) is 51.6 Å². The van der Waals surface area contributed by atoms with Crippen molar-refractivity contribution in [1.82, 2.24) is 19.9 Å². The van der Waals surface area contributed by atoms with E-state index in [1.54, 1.807) is 22.7 Å². The van der Waals surface area contributed by atoms with Crippen molar-refractivity contribution in [2.75, 3.05) is 0 Å². The molecular formula is C31H22N4S2. The van der Waals surface area contributed by atoms with Crippen LogP contribution in [0.4, 0.5) is 0 Å². The van der Waals surface area contributed by atoms with E-state index in [9.17, 15) is 0 Å². The second kappa shape index (κ2) is 8.54. The summed E-state index contributed by atoms with van der Waals surface area (Å²) < 4.78 is 0. The molecule has 0 bridgehead atoms. The van der Waals surface area contributed by atoms with Crippen molar-refractivity contribution in [3.05, 3.63) is 108 Å². The van der Waals surface area contributed by atoms with Crippen LogP contribution in [-0.2, 0) is 5.41 Å². The smallest absolute Gasteiger partial charge is 0.0797 e. The van der Waals surface area contributed by atoms with Gasteiger partial charge in [-0.1, -0.05) is 38.1 Å². The first kappa shape index (κ1) is 22.2. The number of benzene rings is 2. The Morgan fingerprint density at radius 1 is 0.486 bits per heavy atom. The van der Waals surface area contributed by atoms with Gasteiger partial charge in [0.25, 0.3) is 0 Å². The molecule has 4 heterocycles. The molecule has 2 aromatic carbocycles. The molecule has 0 aliphatic heterocycles. The molecule has 178 valence electrons. The van der Waals surface area contributed by atoms with Crippen LogP contribution in [0.1, 0.15) is 25.0 Å². The minimum Gasteiger partial charge on any atom is -0.263 e. The first-order valence-corrected chi connectivity index (χ1v) is 13.8. The molecule has 0 unspecified atom stereocenters. The van der Waals surface area contributed by atoms with Crippen molar-refractivity contribution in [3.63, 3.8) is 0 Å². The lowest BCUT2D eigenvalue weighted by Gasteiger charge is -2.22. The van der Waals surface area contributed by atoms with Gasteiger partial charge in [-0.2, -0.15) is 0 Å². The molecule has 0 fully saturated rings. The highest BCUT2D eigenvalue weighted by Gasteiger charge is 2.35. The number of pyridine rings is 2. The number of nitrogens with zero attached hydrogens (tertiary/aromatic N) is 4. The molecule has 6 heteroatoms. The van der Waals surface area contributed by atoms with Gasteiger partial charge in [-0.05, 0) is 57.6 Å². The third-order valence-corrected chi connectivity index (χ3v) is 8.90. The summed E-state index contributed by atoms with van der Waals surface area (Å²) in [5.41, 5.74) is 15.7. The fraction of sp³-hybridized carbons (Fsp3) is 0.0968. The fourth-order valence-corrected chi connectivity index (χ4v) is 6.49. The summed E-state index contributed by atoms with van der Waals surface area (Å²) in [6, 6.07) is 18.1. The Hall–Kier alpha value is -4.00. The van der Waals surface area contributed by atoms with Gasteiger partial charge < -0.3 is 0 Å². The molecule has 7 rings (SSSR count). The molecule has 0 amide bonds. The SMILES string of the molecule is CC1(C)c2cc(-c3cncc(-c4cncs4)c3)ccc2-c2ccc(-c3cncc(-c4cncs4)c3)cc21. The molecule has 0 atom stereocenters. The number of fused-ring (bicyclic) bond motifs is 3. The lowest BCUT2D eigenvalue weighted by Crippen LogP contribution is -2.15. The molecule has 0 spiro atoms. The minimum atomic E-state index is -0.123. The molecule has 0 radical (unpaired) electrons. The Labute approximate surface area is 223 Å². The Bertz CT molecular complexity index is 1620. The van der Waals surface area contributed by atoms with Crippen LogP contribution in [0.5, 0.6) is 0 Å². The van der Waals surface area contributed by atoms with Gasteiger partial charge in [0.2, 0.25) is 0 Å². The Morgan fingerprint density at radius 3 is 1.38 bits per heavy atom. The molecule has 4 aromatic heterocycles. The maximum Gasteiger partial charge on any atom is 0.0797 e. The number of rotatable bonds is 4. The van der Waals surface area contributed by atoms with E-state index >= 15 is 0 Å². The van der Waals surface area contributed by atoms with E-state index in [4.69, 9.17) is 0 Å². The molecule has 1 aliphatic carbocycles. The Kier molecular flexibility index (Phi) is 5.13. The van der Waals surface area contributed by atoms with Crippen LogP contribution in [0.25, 0.3) is 54.3 Å². The quantitative estimate of drug-likeness (QED) is 0.237. The van der Waals surface area contributed by atoms with Crippen LogP contribution in [0.3, 0.4) is 0 Å². The van der Waals surface area contributed by atoms with Crippen molar-refractivity contribution >= 4 is 22.7 Å². The average Bonchev–Trinajstić information content (AvgIpc) is 3.71. The summed E-state index contributed by atoms with van der Waals surface area (Å²) >= 11 is 3.27. The second-order valence-corrected chi connectivity index (χ2v) is 11.6. The molecule has 6 aromatic rings. The van der Waals surface area contributed by atoms with Crippen LogP contribution in [0.15, 0.2) is 96.7 Å². The van der Waals surface area contributed by atoms with E-state index in [0.29, 0.717) is 0 Å². The maximum atomic E-state index is 4.53. The van der Waals surface area contributed by atoms with Crippen molar-refractivity contribution in [2.24, 2.45) is 0 Å². The molecule has 1 aliphatic rings. The number of hydrogen-bond donors (Lipinski definition) is 0. The van der Waals surface area contributed by atoms with Crippen molar-refractivity contribution < 1.29 is 0 Å². The molecule has 0 saturated carbocycles. The highest BCUT2D eigenvalue weighted by atomic mass is 32.1. The zero-order valence-corrected chi connectivity index (χ0v) is 22.0. The summed E-state index contributed by atoms with van der Waals surface area (Å²) in [6.07, 6.45) is 11.5. The fourth-order valence-electron chi connectivity index (χ4n) is 5.28. The summed E-state index contributed by atoms with van der Waals surface area (Å²) in [6.45, 7) is 4.65. The second-order valence-electron chi connectivity index (χ2n) is 9.80. The van der Waals surface area contributed by atoms with Crippen LogP contribution in [0.2, 0.25) is 0 Å². The third kappa shape index (κ3) is 3.72. The van der Waals surface area contributed by atoms with Crippen molar-refractivity contribution in [3.8, 4) is 54.3 Å². The van der Waals surface area contributed by atoms with E-state index in [1.165, 1.54) is 33.4 Å². The van der Waals surface area contributed by atoms with E-state index in [-0.39, 0.29) is 5.41 Å². The van der Waals surface area contributed by atoms with Crippen LogP contribution >= 0.6 is 22.7 Å². The summed E-state index contributed by atoms with van der Waals surface area (Å²) in [5, 5.41) is 0. The number of thiazole rings is 2. The molecular weight excluding hydrogens is 493 g/mol. The van der Waals surface area contributed by atoms with Gasteiger partial charge in [0, 0.05) is 64.8 Å². The standard InChI is InChI=1S/C31H22N4S2/c1-31(2)27-9-19(21-7-23(13-32-11-21)29-15-34-17-36-29)3-5-25(27)26-6-4-20(10-28(26)31)22-8-24(14-33-12-22)30-16-35-18-37-30/h3-18H,1-2H3. The molecule has 37 heavy (non-hydrogen) atoms. The van der Waals surface area contributed by atoms with E-state index in [0.717, 1.165) is 32.0 Å². The molecule has 0 saturated heterocycles. The van der Waals surface area contributed by atoms with Gasteiger partial charge in [-0.15, -0.1) is 22.7 Å². The van der Waals surface area contributed by atoms with Gasteiger partial charge in [0.05, 0.1) is 20.8 Å². The zero-order valence-electron chi connectivity index (χ0n) is 20.3. The predicted octanol–water partition coefficient (Wildman–Crippen LogP) is 8.36. The van der Waals surface area contributed by atoms with Crippen LogP contribution in [0, 0.1) is 0 Å². The zero-order chi connectivity index (χ0) is 25.0. The van der Waals surface area contributed by atoms with Crippen molar-refractivity contribution in [2.45, 2.75) is 19.3 Å². The first-order valence-electron chi connectivity index (χ1n) is 12.1. The van der Waals surface area contributed by atoms with E-state index in [1.807, 2.05) is 48.2 Å². The summed E-state index contributed by atoms with van der Waals surface area (Å²) in [4.78, 5) is 19.8. The Morgan fingerprint density at radius 2 is 0.946 bits per heavy atom. The number of hydrogen-bond acceptors (Lipinski definition) is 6. The van der Waals surface area contributed by atoms with Gasteiger partial charge >= 0.3 is 0 Å². The summed E-state index contributed by atoms with van der Waals surface area (Å²) in [7, 11) is 0. The largest absolute Gasteiger partial charge is 0.263 e. The lowest BCUT2D eigenvalue weighted by molar-refractivity contribution is 0.661. The van der Waals surface area contributed by atoms with E-state index < -0.39 is 0 Å². The maximum absolute atomic E-state index is 4.53. The third-order valence-electron chi connectivity index (χ3n) is 7.25. The minimum absolute atomic E-state index is 0.123. The van der Waals surface area contributed by atoms with Gasteiger partial charge in [0.15, 0.2) is 0 Å². The summed E-state index contributed by atoms with van der Waals surface area (Å²) in [5.74, 6) is 0. The molecule has 0 N–H and O–H groups in total. The van der Waals surface area contributed by atoms with E-state index in [2.05, 4.69) is 82.3 Å². The van der Waals surface area contributed by atoms with Gasteiger partial charge in [-0.25, -0.2) is 0 Å². The first-order chi connectivity index (χ1) is 18.1. The highest BCUT2D eigenvalue weighted by Crippen LogP contribution is 2.50. The highest BCUT2D eigenvalue weighted by molar-refractivity contribution is 7.13. The van der Waals surface area contributed by atoms with Crippen LogP contribution < -0.4 is 0 Å². The number of aromatic nitrogens is 4. The lowest BCUT2D eigenvalue weighted by atomic mass is 9.81. The molecule has 4 nitrogen and oxygen atoms in total. The Balaban J connectivity index is 1.28. The monoisotopic (exact) mass is 514 g/mol. The predicted molar refractivity (Wildman–Crippen MR) is 153 cm³/mol. The van der Waals surface area contributed by atoms with Gasteiger partial charge in [0.1, 0.15) is 0 Å².